The van der Waals surface area contributed by atoms with Gasteiger partial charge in [0.25, 0.3) is 0 Å². The Bertz CT molecular complexity index is 963. The van der Waals surface area contributed by atoms with E-state index in [-0.39, 0.29) is 11.6 Å². The fraction of sp³-hybridized carbons (Fsp3) is 0.211. The van der Waals surface area contributed by atoms with Crippen molar-refractivity contribution in [2.24, 2.45) is 0 Å². The Morgan fingerprint density at radius 2 is 1.96 bits per heavy atom. The highest BCUT2D eigenvalue weighted by atomic mass is 19.1. The summed E-state index contributed by atoms with van der Waals surface area (Å²) in [6, 6.07) is 9.25. The van der Waals surface area contributed by atoms with Gasteiger partial charge in [-0.3, -0.25) is 0 Å². The summed E-state index contributed by atoms with van der Waals surface area (Å²) in [5.41, 5.74) is 3.01. The third-order valence-corrected chi connectivity index (χ3v) is 4.07. The van der Waals surface area contributed by atoms with Crippen LogP contribution >= 0.6 is 0 Å². The largest absolute Gasteiger partial charge is 0.508 e. The van der Waals surface area contributed by atoms with E-state index in [2.05, 4.69) is 5.32 Å². The first-order chi connectivity index (χ1) is 11.5. The Hall–Kier alpha value is -2.82. The summed E-state index contributed by atoms with van der Waals surface area (Å²) in [5.74, 6) is -0.167. The second-order valence-electron chi connectivity index (χ2n) is 5.73. The number of hydrogen-bond donors (Lipinski definition) is 2. The maximum Gasteiger partial charge on any atom is 0.336 e. The van der Waals surface area contributed by atoms with Crippen molar-refractivity contribution in [1.29, 1.82) is 0 Å². The molecule has 4 nitrogen and oxygen atoms in total. The zero-order chi connectivity index (χ0) is 17.3. The Morgan fingerprint density at radius 3 is 2.67 bits per heavy atom. The minimum absolute atomic E-state index is 0.118. The molecule has 3 aromatic rings. The average Bonchev–Trinajstić information content (AvgIpc) is 2.53. The Morgan fingerprint density at radius 1 is 1.17 bits per heavy atom. The van der Waals surface area contributed by atoms with Gasteiger partial charge in [-0.25, -0.2) is 9.18 Å². The van der Waals surface area contributed by atoms with E-state index in [1.54, 1.807) is 6.07 Å². The van der Waals surface area contributed by atoms with Gasteiger partial charge >= 0.3 is 5.63 Å². The Balaban J connectivity index is 2.00. The van der Waals surface area contributed by atoms with Crippen LogP contribution in [-0.2, 0) is 13.0 Å². The number of nitrogens with one attached hydrogen (secondary N) is 1. The first-order valence-corrected chi connectivity index (χ1v) is 7.76. The smallest absolute Gasteiger partial charge is 0.336 e. The number of phenolic OH excluding ortho intramolecular Hbond substituents is 1. The van der Waals surface area contributed by atoms with Crippen LogP contribution in [0.4, 0.5) is 10.1 Å². The molecule has 24 heavy (non-hydrogen) atoms. The molecular formula is C19H18FNO3. The number of benzene rings is 2. The van der Waals surface area contributed by atoms with Gasteiger partial charge in [0, 0.05) is 29.8 Å². The van der Waals surface area contributed by atoms with E-state index in [0.29, 0.717) is 18.5 Å². The summed E-state index contributed by atoms with van der Waals surface area (Å²) >= 11 is 0. The van der Waals surface area contributed by atoms with Gasteiger partial charge in [0.1, 0.15) is 17.1 Å². The van der Waals surface area contributed by atoms with Gasteiger partial charge in [0.15, 0.2) is 0 Å². The van der Waals surface area contributed by atoms with Gasteiger partial charge in [-0.2, -0.15) is 0 Å². The molecule has 0 saturated carbocycles. The summed E-state index contributed by atoms with van der Waals surface area (Å²) in [7, 11) is 0. The van der Waals surface area contributed by atoms with E-state index in [1.165, 1.54) is 24.3 Å². The van der Waals surface area contributed by atoms with Crippen molar-refractivity contribution < 1.29 is 13.9 Å². The Labute approximate surface area is 138 Å². The molecule has 0 aliphatic carbocycles. The monoisotopic (exact) mass is 327 g/mol. The van der Waals surface area contributed by atoms with E-state index < -0.39 is 5.63 Å². The number of halogens is 1. The topological polar surface area (TPSA) is 62.5 Å². The van der Waals surface area contributed by atoms with Gasteiger partial charge in [-0.1, -0.05) is 6.92 Å². The van der Waals surface area contributed by atoms with Crippen molar-refractivity contribution in [2.45, 2.75) is 26.8 Å². The molecule has 0 aliphatic rings. The summed E-state index contributed by atoms with van der Waals surface area (Å²) in [6.07, 6.45) is 0.671. The van der Waals surface area contributed by atoms with Crippen LogP contribution in [0.25, 0.3) is 11.0 Å². The number of rotatable bonds is 4. The minimum Gasteiger partial charge on any atom is -0.508 e. The van der Waals surface area contributed by atoms with Crippen LogP contribution in [0, 0.1) is 12.7 Å². The summed E-state index contributed by atoms with van der Waals surface area (Å²) in [4.78, 5) is 11.8. The quantitative estimate of drug-likeness (QED) is 0.708. The van der Waals surface area contributed by atoms with Crippen LogP contribution in [-0.4, -0.2) is 5.11 Å². The highest BCUT2D eigenvalue weighted by Gasteiger charge is 2.10. The van der Waals surface area contributed by atoms with E-state index in [1.807, 2.05) is 19.9 Å². The third-order valence-electron chi connectivity index (χ3n) is 4.07. The number of aryl methyl sites for hydroxylation is 2. The fourth-order valence-electron chi connectivity index (χ4n) is 2.75. The van der Waals surface area contributed by atoms with Crippen LogP contribution in [0.3, 0.4) is 0 Å². The van der Waals surface area contributed by atoms with Crippen molar-refractivity contribution in [1.82, 2.24) is 0 Å². The van der Waals surface area contributed by atoms with Crippen molar-refractivity contribution in [3.63, 3.8) is 0 Å². The van der Waals surface area contributed by atoms with Crippen molar-refractivity contribution >= 4 is 16.7 Å². The molecule has 1 heterocycles. The number of fused-ring (bicyclic) bond motifs is 1. The van der Waals surface area contributed by atoms with E-state index >= 15 is 0 Å². The normalized spacial score (nSPS) is 11.0. The SMILES string of the molecule is CCc1cc2c(CNc3ccc(F)cc3C)cc(=O)oc2cc1O. The lowest BCUT2D eigenvalue weighted by molar-refractivity contribution is 0.466. The molecule has 0 fully saturated rings. The van der Waals surface area contributed by atoms with E-state index in [4.69, 9.17) is 4.42 Å². The van der Waals surface area contributed by atoms with Gasteiger partial charge in [-0.05, 0) is 54.3 Å². The van der Waals surface area contributed by atoms with Crippen LogP contribution in [0.2, 0.25) is 0 Å². The molecule has 5 heteroatoms. The van der Waals surface area contributed by atoms with Crippen LogP contribution in [0.1, 0.15) is 23.6 Å². The highest BCUT2D eigenvalue weighted by molar-refractivity contribution is 5.83. The molecule has 0 amide bonds. The van der Waals surface area contributed by atoms with Gasteiger partial charge in [0.05, 0.1) is 0 Å². The molecule has 124 valence electrons. The molecule has 0 spiro atoms. The van der Waals surface area contributed by atoms with Gasteiger partial charge in [-0.15, -0.1) is 0 Å². The van der Waals surface area contributed by atoms with Crippen molar-refractivity contribution in [2.75, 3.05) is 5.32 Å². The summed E-state index contributed by atoms with van der Waals surface area (Å²) in [6.45, 7) is 4.15. The molecule has 3 rings (SSSR count). The second kappa shape index (κ2) is 6.35. The second-order valence-corrected chi connectivity index (χ2v) is 5.73. The molecule has 1 aromatic heterocycles. The molecule has 0 atom stereocenters. The molecular weight excluding hydrogens is 309 g/mol. The molecule has 0 radical (unpaired) electrons. The lowest BCUT2D eigenvalue weighted by Crippen LogP contribution is -2.07. The third kappa shape index (κ3) is 3.11. The molecule has 0 aliphatic heterocycles. The minimum atomic E-state index is -0.473. The standard InChI is InChI=1S/C19H18FNO3/c1-3-12-7-15-13(8-19(23)24-18(15)9-17(12)22)10-21-16-5-4-14(20)6-11(16)2/h4-9,21-22H,3,10H2,1-2H3. The summed E-state index contributed by atoms with van der Waals surface area (Å²) < 4.78 is 18.4. The fourth-order valence-corrected chi connectivity index (χ4v) is 2.75. The molecule has 0 saturated heterocycles. The predicted octanol–water partition coefficient (Wildman–Crippen LogP) is 4.12. The first kappa shape index (κ1) is 16.1. The highest BCUT2D eigenvalue weighted by Crippen LogP contribution is 2.27. The first-order valence-electron chi connectivity index (χ1n) is 7.76. The summed E-state index contributed by atoms with van der Waals surface area (Å²) in [5, 5.41) is 13.9. The van der Waals surface area contributed by atoms with Crippen LogP contribution < -0.4 is 10.9 Å². The van der Waals surface area contributed by atoms with Gasteiger partial charge in [0.2, 0.25) is 0 Å². The van der Waals surface area contributed by atoms with Crippen LogP contribution in [0.15, 0.2) is 45.6 Å². The maximum absolute atomic E-state index is 13.2. The van der Waals surface area contributed by atoms with E-state index in [0.717, 1.165) is 27.8 Å². The molecule has 0 unspecified atom stereocenters. The number of phenols is 1. The predicted molar refractivity (Wildman–Crippen MR) is 92.0 cm³/mol. The lowest BCUT2D eigenvalue weighted by Gasteiger charge is -2.12. The van der Waals surface area contributed by atoms with Crippen molar-refractivity contribution in [3.8, 4) is 5.75 Å². The Kier molecular flexibility index (Phi) is 4.25. The number of aromatic hydroxyl groups is 1. The maximum atomic E-state index is 13.2. The van der Waals surface area contributed by atoms with E-state index in [9.17, 15) is 14.3 Å². The van der Waals surface area contributed by atoms with Gasteiger partial charge < -0.3 is 14.8 Å². The number of anilines is 1. The number of hydrogen-bond acceptors (Lipinski definition) is 4. The lowest BCUT2D eigenvalue weighted by atomic mass is 10.0. The average molecular weight is 327 g/mol. The molecule has 2 N–H and O–H groups in total. The molecule has 2 aromatic carbocycles. The zero-order valence-electron chi connectivity index (χ0n) is 13.5. The van der Waals surface area contributed by atoms with Crippen molar-refractivity contribution in [3.05, 3.63) is 69.3 Å². The molecule has 0 bridgehead atoms. The zero-order valence-corrected chi connectivity index (χ0v) is 13.5. The van der Waals surface area contributed by atoms with Crippen LogP contribution in [0.5, 0.6) is 5.75 Å².